The molecule has 0 unspecified atom stereocenters. The van der Waals surface area contributed by atoms with Gasteiger partial charge in [-0.05, 0) is 23.8 Å². The number of halogens is 2. The number of carbonyl (C=O) groups excluding carboxylic acids is 2. The largest absolute Gasteiger partial charge is 0.482 e. The number of benzene rings is 2. The number of amides is 2. The third-order valence-electron chi connectivity index (χ3n) is 4.00. The van der Waals surface area contributed by atoms with Crippen molar-refractivity contribution in [2.75, 3.05) is 17.7 Å². The number of sulfone groups is 1. The Bertz CT molecular complexity index is 1030. The summed E-state index contributed by atoms with van der Waals surface area (Å²) in [5.74, 6) is -1.47. The van der Waals surface area contributed by atoms with Crippen molar-refractivity contribution in [1.29, 1.82) is 0 Å². The van der Waals surface area contributed by atoms with Crippen molar-refractivity contribution >= 4 is 38.9 Å². The van der Waals surface area contributed by atoms with Crippen LogP contribution < -0.4 is 15.4 Å². The maximum atomic E-state index is 12.9. The molecular weight excluding hydrogens is 411 g/mol. The average Bonchev–Trinajstić information content (AvgIpc) is 2.65. The van der Waals surface area contributed by atoms with Crippen molar-refractivity contribution in [3.05, 3.63) is 52.8 Å². The van der Waals surface area contributed by atoms with Gasteiger partial charge in [-0.3, -0.25) is 9.59 Å². The molecule has 1 aliphatic rings. The summed E-state index contributed by atoms with van der Waals surface area (Å²) in [6.45, 7) is -0.0633. The normalized spacial score (nSPS) is 13.3. The van der Waals surface area contributed by atoms with Crippen LogP contribution in [0.25, 0.3) is 0 Å². The summed E-state index contributed by atoms with van der Waals surface area (Å²) >= 11 is 6.05. The maximum Gasteiger partial charge on any atom is 0.262 e. The highest BCUT2D eigenvalue weighted by Gasteiger charge is 2.25. The predicted octanol–water partition coefficient (Wildman–Crippen LogP) is 2.29. The molecule has 2 aromatic rings. The van der Waals surface area contributed by atoms with Crippen LogP contribution in [0.5, 0.6) is 5.75 Å². The van der Waals surface area contributed by atoms with Gasteiger partial charge in [0.25, 0.3) is 5.91 Å². The molecule has 0 aliphatic carbocycles. The summed E-state index contributed by atoms with van der Waals surface area (Å²) in [5, 5.41) is 5.04. The number of fused-ring (bicyclic) bond motifs is 1. The minimum Gasteiger partial charge on any atom is -0.482 e. The fourth-order valence-electron chi connectivity index (χ4n) is 2.55. The molecule has 28 heavy (non-hydrogen) atoms. The quantitative estimate of drug-likeness (QED) is 0.738. The third-order valence-corrected chi connectivity index (χ3v) is 6.18. The summed E-state index contributed by atoms with van der Waals surface area (Å²) in [5.41, 5.74) is 0.978. The van der Waals surface area contributed by atoms with Gasteiger partial charge in [0.1, 0.15) is 11.6 Å². The number of anilines is 1. The first kappa shape index (κ1) is 20.1. The van der Waals surface area contributed by atoms with Gasteiger partial charge in [0.05, 0.1) is 21.4 Å². The van der Waals surface area contributed by atoms with E-state index in [2.05, 4.69) is 10.6 Å². The molecule has 0 atom stereocenters. The van der Waals surface area contributed by atoms with E-state index in [1.54, 1.807) is 0 Å². The molecule has 0 fully saturated rings. The zero-order chi connectivity index (χ0) is 20.3. The van der Waals surface area contributed by atoms with Crippen LogP contribution in [-0.4, -0.2) is 32.6 Å². The lowest BCUT2D eigenvalue weighted by atomic mass is 10.2. The van der Waals surface area contributed by atoms with Gasteiger partial charge in [-0.15, -0.1) is 0 Å². The molecule has 0 bridgehead atoms. The summed E-state index contributed by atoms with van der Waals surface area (Å²) in [6, 6.07) is 8.14. The Kier molecular flexibility index (Phi) is 5.85. The van der Waals surface area contributed by atoms with Crippen LogP contribution in [0.4, 0.5) is 10.1 Å². The van der Waals surface area contributed by atoms with Gasteiger partial charge in [0, 0.05) is 19.0 Å². The van der Waals surface area contributed by atoms with Crippen molar-refractivity contribution < 1.29 is 27.1 Å². The average molecular weight is 427 g/mol. The van der Waals surface area contributed by atoms with Crippen LogP contribution in [0, 0.1) is 5.82 Å². The molecule has 0 radical (unpaired) electrons. The van der Waals surface area contributed by atoms with E-state index in [9.17, 15) is 22.4 Å². The van der Waals surface area contributed by atoms with E-state index in [-0.39, 0.29) is 52.7 Å². The van der Waals surface area contributed by atoms with E-state index >= 15 is 0 Å². The molecule has 0 aromatic heterocycles. The first-order valence-corrected chi connectivity index (χ1v) is 10.3. The Morgan fingerprint density at radius 3 is 2.68 bits per heavy atom. The second kappa shape index (κ2) is 8.15. The maximum absolute atomic E-state index is 12.9. The van der Waals surface area contributed by atoms with Crippen molar-refractivity contribution in [2.45, 2.75) is 17.9 Å². The highest BCUT2D eigenvalue weighted by Crippen LogP contribution is 2.36. The fraction of sp³-hybridized carbons (Fsp3) is 0.222. The van der Waals surface area contributed by atoms with E-state index in [1.165, 1.54) is 36.4 Å². The lowest BCUT2D eigenvalue weighted by Crippen LogP contribution is -2.26. The van der Waals surface area contributed by atoms with E-state index in [4.69, 9.17) is 16.3 Å². The van der Waals surface area contributed by atoms with Gasteiger partial charge in [-0.1, -0.05) is 23.7 Å². The Balaban J connectivity index is 1.62. The lowest BCUT2D eigenvalue weighted by molar-refractivity contribution is -0.121. The first-order chi connectivity index (χ1) is 13.2. The minimum atomic E-state index is -3.86. The summed E-state index contributed by atoms with van der Waals surface area (Å²) in [7, 11) is -3.86. The zero-order valence-corrected chi connectivity index (χ0v) is 16.1. The highest BCUT2D eigenvalue weighted by molar-refractivity contribution is 7.91. The van der Waals surface area contributed by atoms with Gasteiger partial charge in [-0.25, -0.2) is 12.8 Å². The standard InChI is InChI=1S/C18H16ClFN2O5S/c19-13-7-14-15(27-10-18(24)22-14)8-16(13)28(25,26)6-5-17(23)21-9-11-1-3-12(20)4-2-11/h1-4,7-8H,5-6,9-10H2,(H,21,23)(H,22,24). The SMILES string of the molecule is O=C(CCS(=O)(=O)c1cc2c(cc1Cl)NC(=O)CO2)NCc1ccc(F)cc1. The topological polar surface area (TPSA) is 102 Å². The molecule has 2 amide bonds. The number of carbonyl (C=O) groups is 2. The molecule has 2 aromatic carbocycles. The van der Waals surface area contributed by atoms with Gasteiger partial charge in [-0.2, -0.15) is 0 Å². The van der Waals surface area contributed by atoms with Crippen molar-refractivity contribution in [3.63, 3.8) is 0 Å². The molecule has 1 aliphatic heterocycles. The first-order valence-electron chi connectivity index (χ1n) is 8.25. The number of rotatable bonds is 6. The summed E-state index contributed by atoms with van der Waals surface area (Å²) < 4.78 is 43.2. The molecule has 10 heteroatoms. The molecule has 148 valence electrons. The molecule has 1 heterocycles. The monoisotopic (exact) mass is 426 g/mol. The van der Waals surface area contributed by atoms with E-state index in [0.717, 1.165) is 0 Å². The van der Waals surface area contributed by atoms with Crippen LogP contribution in [0.15, 0.2) is 41.3 Å². The smallest absolute Gasteiger partial charge is 0.262 e. The second-order valence-electron chi connectivity index (χ2n) is 6.09. The Morgan fingerprint density at radius 2 is 1.96 bits per heavy atom. The van der Waals surface area contributed by atoms with Gasteiger partial charge in [0.2, 0.25) is 5.91 Å². The van der Waals surface area contributed by atoms with Gasteiger partial charge < -0.3 is 15.4 Å². The van der Waals surface area contributed by atoms with Gasteiger partial charge in [0.15, 0.2) is 16.4 Å². The Morgan fingerprint density at radius 1 is 1.25 bits per heavy atom. The predicted molar refractivity (Wildman–Crippen MR) is 100 cm³/mol. The number of nitrogens with one attached hydrogen (secondary N) is 2. The van der Waals surface area contributed by atoms with Crippen LogP contribution in [-0.2, 0) is 26.0 Å². The number of hydrogen-bond acceptors (Lipinski definition) is 5. The van der Waals surface area contributed by atoms with Crippen LogP contribution >= 0.6 is 11.6 Å². The number of hydrogen-bond donors (Lipinski definition) is 2. The minimum absolute atomic E-state index is 0.0729. The molecule has 7 nitrogen and oxygen atoms in total. The lowest BCUT2D eigenvalue weighted by Gasteiger charge is -2.19. The summed E-state index contributed by atoms with van der Waals surface area (Å²) in [6.07, 6.45) is -0.269. The molecular formula is C18H16ClFN2O5S. The molecule has 3 rings (SSSR count). The van der Waals surface area contributed by atoms with Crippen LogP contribution in [0.1, 0.15) is 12.0 Å². The van der Waals surface area contributed by atoms with Crippen LogP contribution in [0.2, 0.25) is 5.02 Å². The third kappa shape index (κ3) is 4.79. The summed E-state index contributed by atoms with van der Waals surface area (Å²) in [4.78, 5) is 23.1. The van der Waals surface area contributed by atoms with E-state index < -0.39 is 21.5 Å². The number of ether oxygens (including phenoxy) is 1. The molecule has 0 saturated heterocycles. The Hall–Kier alpha value is -2.65. The molecule has 2 N–H and O–H groups in total. The molecule has 0 saturated carbocycles. The second-order valence-corrected chi connectivity index (χ2v) is 8.57. The van der Waals surface area contributed by atoms with Crippen LogP contribution in [0.3, 0.4) is 0 Å². The van der Waals surface area contributed by atoms with Gasteiger partial charge >= 0.3 is 0 Å². The highest BCUT2D eigenvalue weighted by atomic mass is 35.5. The Labute approximate surface area is 165 Å². The zero-order valence-electron chi connectivity index (χ0n) is 14.5. The fourth-order valence-corrected chi connectivity index (χ4v) is 4.38. The van der Waals surface area contributed by atoms with Crippen molar-refractivity contribution in [1.82, 2.24) is 5.32 Å². The van der Waals surface area contributed by atoms with Crippen molar-refractivity contribution in [2.24, 2.45) is 0 Å². The van der Waals surface area contributed by atoms with E-state index in [1.807, 2.05) is 0 Å². The van der Waals surface area contributed by atoms with Crippen molar-refractivity contribution in [3.8, 4) is 5.75 Å². The van der Waals surface area contributed by atoms with E-state index in [0.29, 0.717) is 5.56 Å². The molecule has 0 spiro atoms.